The molecule has 2 aromatic rings. The third-order valence-electron chi connectivity index (χ3n) is 2.20. The number of aromatic nitrogens is 2. The second-order valence-electron chi connectivity index (χ2n) is 3.41. The Morgan fingerprint density at radius 2 is 2.19 bits per heavy atom. The quantitative estimate of drug-likeness (QED) is 0.664. The minimum atomic E-state index is -0.611. The number of hydrogen-bond acceptors (Lipinski definition) is 4. The zero-order valence-electron chi connectivity index (χ0n) is 8.93. The van der Waals surface area contributed by atoms with Crippen molar-refractivity contribution in [2.45, 2.75) is 6.92 Å². The zero-order valence-corrected chi connectivity index (χ0v) is 8.93. The topological polar surface area (TPSA) is 60.7 Å². The van der Waals surface area contributed by atoms with Crippen molar-refractivity contribution in [3.63, 3.8) is 0 Å². The summed E-state index contributed by atoms with van der Waals surface area (Å²) in [5.74, 6) is -0.611. The van der Waals surface area contributed by atoms with E-state index < -0.39 is 5.97 Å². The van der Waals surface area contributed by atoms with E-state index in [1.807, 2.05) is 13.0 Å². The Morgan fingerprint density at radius 3 is 2.88 bits per heavy atom. The van der Waals surface area contributed by atoms with Crippen LogP contribution in [0.3, 0.4) is 0 Å². The predicted octanol–water partition coefficient (Wildman–Crippen LogP) is 0.790. The summed E-state index contributed by atoms with van der Waals surface area (Å²) in [6.45, 7) is 1.88. The molecule has 5 heteroatoms. The fourth-order valence-electron chi connectivity index (χ4n) is 1.42. The van der Waals surface area contributed by atoms with Gasteiger partial charge in [-0.3, -0.25) is 9.20 Å². The van der Waals surface area contributed by atoms with Crippen LogP contribution in [0.2, 0.25) is 0 Å². The molecule has 0 aliphatic carbocycles. The molecule has 0 fully saturated rings. The summed E-state index contributed by atoms with van der Waals surface area (Å²) >= 11 is 0. The standard InChI is InChI=1S/C11H10N2O3/c1-7-3-4-9-12-8(11(15)16-2)5-10(14)13(9)6-7/h3-6H,1-2H3. The van der Waals surface area contributed by atoms with Gasteiger partial charge in [-0.25, -0.2) is 9.78 Å². The smallest absolute Gasteiger partial charge is 0.356 e. The highest BCUT2D eigenvalue weighted by Crippen LogP contribution is 2.02. The van der Waals surface area contributed by atoms with Gasteiger partial charge in [0.1, 0.15) is 5.65 Å². The molecule has 16 heavy (non-hydrogen) atoms. The van der Waals surface area contributed by atoms with Gasteiger partial charge < -0.3 is 4.74 Å². The van der Waals surface area contributed by atoms with Gasteiger partial charge in [-0.1, -0.05) is 6.07 Å². The normalized spacial score (nSPS) is 10.4. The molecular formula is C11H10N2O3. The molecule has 0 N–H and O–H groups in total. The predicted molar refractivity (Wildman–Crippen MR) is 57.5 cm³/mol. The van der Waals surface area contributed by atoms with Gasteiger partial charge in [-0.15, -0.1) is 0 Å². The van der Waals surface area contributed by atoms with Gasteiger partial charge in [-0.05, 0) is 18.6 Å². The summed E-state index contributed by atoms with van der Waals surface area (Å²) in [7, 11) is 1.25. The molecule has 2 rings (SSSR count). The molecule has 0 saturated heterocycles. The third kappa shape index (κ3) is 1.67. The Labute approximate surface area is 91.3 Å². The summed E-state index contributed by atoms with van der Waals surface area (Å²) < 4.78 is 5.90. The first-order valence-electron chi connectivity index (χ1n) is 4.70. The van der Waals surface area contributed by atoms with Crippen molar-refractivity contribution in [1.29, 1.82) is 0 Å². The van der Waals surface area contributed by atoms with E-state index in [-0.39, 0.29) is 11.3 Å². The van der Waals surface area contributed by atoms with Crippen molar-refractivity contribution in [2.24, 2.45) is 0 Å². The molecule has 0 aromatic carbocycles. The molecule has 0 amide bonds. The molecule has 2 aromatic heterocycles. The van der Waals surface area contributed by atoms with Crippen LogP contribution in [-0.4, -0.2) is 22.5 Å². The Morgan fingerprint density at radius 1 is 1.44 bits per heavy atom. The number of rotatable bonds is 1. The molecule has 0 radical (unpaired) electrons. The van der Waals surface area contributed by atoms with Gasteiger partial charge in [0.2, 0.25) is 0 Å². The first-order valence-corrected chi connectivity index (χ1v) is 4.70. The number of aryl methyl sites for hydroxylation is 1. The van der Waals surface area contributed by atoms with Gasteiger partial charge in [0.25, 0.3) is 5.56 Å². The number of carbonyl (C=O) groups is 1. The lowest BCUT2D eigenvalue weighted by molar-refractivity contribution is 0.0594. The first kappa shape index (κ1) is 10.4. The molecule has 0 spiro atoms. The fourth-order valence-corrected chi connectivity index (χ4v) is 1.42. The minimum Gasteiger partial charge on any atom is -0.464 e. The lowest BCUT2D eigenvalue weighted by atomic mass is 10.3. The summed E-state index contributed by atoms with van der Waals surface area (Å²) in [4.78, 5) is 27.0. The average Bonchev–Trinajstić information content (AvgIpc) is 2.28. The molecule has 0 unspecified atom stereocenters. The summed E-state index contributed by atoms with van der Waals surface area (Å²) in [5.41, 5.74) is 1.10. The van der Waals surface area contributed by atoms with E-state index in [1.54, 1.807) is 12.3 Å². The second kappa shape index (κ2) is 3.77. The molecule has 2 heterocycles. The van der Waals surface area contributed by atoms with Crippen LogP contribution >= 0.6 is 0 Å². The van der Waals surface area contributed by atoms with Crippen LogP contribution < -0.4 is 5.56 Å². The number of ether oxygens (including phenoxy) is 1. The average molecular weight is 218 g/mol. The SMILES string of the molecule is COC(=O)c1cc(=O)n2cc(C)ccc2n1. The highest BCUT2D eigenvalue weighted by atomic mass is 16.5. The molecule has 5 nitrogen and oxygen atoms in total. The number of nitrogens with zero attached hydrogens (tertiary/aromatic N) is 2. The van der Waals surface area contributed by atoms with Gasteiger partial charge >= 0.3 is 5.97 Å². The van der Waals surface area contributed by atoms with Crippen molar-refractivity contribution in [2.75, 3.05) is 7.11 Å². The van der Waals surface area contributed by atoms with Gasteiger partial charge in [0.05, 0.1) is 7.11 Å². The Hall–Kier alpha value is -2.17. The highest BCUT2D eigenvalue weighted by Gasteiger charge is 2.10. The maximum absolute atomic E-state index is 11.7. The molecule has 0 atom stereocenters. The molecule has 82 valence electrons. The Kier molecular flexibility index (Phi) is 2.44. The number of esters is 1. The van der Waals surface area contributed by atoms with Crippen LogP contribution in [-0.2, 0) is 4.74 Å². The van der Waals surface area contributed by atoms with Crippen LogP contribution in [0.5, 0.6) is 0 Å². The van der Waals surface area contributed by atoms with Crippen molar-refractivity contribution in [3.8, 4) is 0 Å². The third-order valence-corrected chi connectivity index (χ3v) is 2.20. The molecule has 0 aliphatic rings. The Bertz CT molecular complexity index is 616. The van der Waals surface area contributed by atoms with E-state index in [0.29, 0.717) is 5.65 Å². The lowest BCUT2D eigenvalue weighted by Gasteiger charge is -2.03. The lowest BCUT2D eigenvalue weighted by Crippen LogP contribution is -2.18. The molecule has 0 aliphatic heterocycles. The Balaban J connectivity index is 2.73. The van der Waals surface area contributed by atoms with E-state index in [4.69, 9.17) is 0 Å². The van der Waals surface area contributed by atoms with Crippen molar-refractivity contribution < 1.29 is 9.53 Å². The number of methoxy groups -OCH3 is 1. The highest BCUT2D eigenvalue weighted by molar-refractivity contribution is 5.87. The summed E-state index contributed by atoms with van der Waals surface area (Å²) in [6.07, 6.45) is 1.67. The van der Waals surface area contributed by atoms with Crippen LogP contribution in [0.15, 0.2) is 29.2 Å². The molecular weight excluding hydrogens is 208 g/mol. The monoisotopic (exact) mass is 218 g/mol. The maximum Gasteiger partial charge on any atom is 0.356 e. The van der Waals surface area contributed by atoms with Crippen molar-refractivity contribution >= 4 is 11.6 Å². The summed E-state index contributed by atoms with van der Waals surface area (Å²) in [6, 6.07) is 4.67. The van der Waals surface area contributed by atoms with E-state index in [1.165, 1.54) is 11.5 Å². The van der Waals surface area contributed by atoms with E-state index in [9.17, 15) is 9.59 Å². The van der Waals surface area contributed by atoms with Crippen LogP contribution in [0.4, 0.5) is 0 Å². The first-order chi connectivity index (χ1) is 7.61. The minimum absolute atomic E-state index is 0.0244. The molecule has 0 saturated carbocycles. The number of hydrogen-bond donors (Lipinski definition) is 0. The number of fused-ring (bicyclic) bond motifs is 1. The van der Waals surface area contributed by atoms with Crippen molar-refractivity contribution in [1.82, 2.24) is 9.38 Å². The van der Waals surface area contributed by atoms with Crippen LogP contribution in [0, 0.1) is 6.92 Å². The van der Waals surface area contributed by atoms with E-state index >= 15 is 0 Å². The maximum atomic E-state index is 11.7. The number of pyridine rings is 1. The van der Waals surface area contributed by atoms with Gasteiger partial charge in [0, 0.05) is 12.3 Å². The van der Waals surface area contributed by atoms with E-state index in [0.717, 1.165) is 11.6 Å². The van der Waals surface area contributed by atoms with E-state index in [2.05, 4.69) is 9.72 Å². The van der Waals surface area contributed by atoms with Crippen molar-refractivity contribution in [3.05, 3.63) is 46.0 Å². The van der Waals surface area contributed by atoms with Crippen LogP contribution in [0.25, 0.3) is 5.65 Å². The second-order valence-corrected chi connectivity index (χ2v) is 3.41. The zero-order chi connectivity index (χ0) is 11.7. The largest absolute Gasteiger partial charge is 0.464 e. The summed E-state index contributed by atoms with van der Waals surface area (Å²) in [5, 5.41) is 0. The van der Waals surface area contributed by atoms with Gasteiger partial charge in [0.15, 0.2) is 5.69 Å². The number of carbonyl (C=O) groups excluding carboxylic acids is 1. The van der Waals surface area contributed by atoms with Gasteiger partial charge in [-0.2, -0.15) is 0 Å². The fraction of sp³-hybridized carbons (Fsp3) is 0.182. The molecule has 0 bridgehead atoms. The van der Waals surface area contributed by atoms with Crippen LogP contribution in [0.1, 0.15) is 16.1 Å².